The maximum Gasteiger partial charge on any atom is 0.140 e. The van der Waals surface area contributed by atoms with E-state index in [4.69, 9.17) is 11.6 Å². The molecule has 0 radical (unpaired) electrons. The third-order valence-electron chi connectivity index (χ3n) is 2.87. The predicted octanol–water partition coefficient (Wildman–Crippen LogP) is 2.61. The van der Waals surface area contributed by atoms with E-state index in [9.17, 15) is 0 Å². The van der Waals surface area contributed by atoms with E-state index in [1.165, 1.54) is 0 Å². The SMILES string of the molecule is CCCc1nccn1-c1c(CCl)c(C)nn1C. The Labute approximate surface area is 106 Å². The fourth-order valence-corrected chi connectivity index (χ4v) is 2.40. The highest BCUT2D eigenvalue weighted by molar-refractivity contribution is 6.17. The molecule has 0 N–H and O–H groups in total. The summed E-state index contributed by atoms with van der Waals surface area (Å²) in [5, 5.41) is 4.42. The summed E-state index contributed by atoms with van der Waals surface area (Å²) < 4.78 is 3.95. The van der Waals surface area contributed by atoms with E-state index in [2.05, 4.69) is 21.6 Å². The second-order valence-corrected chi connectivity index (χ2v) is 4.38. The summed E-state index contributed by atoms with van der Waals surface area (Å²) in [6.45, 7) is 4.13. The molecule has 0 bridgehead atoms. The Hall–Kier alpha value is -1.29. The summed E-state index contributed by atoms with van der Waals surface area (Å²) in [5.74, 6) is 2.55. The van der Waals surface area contributed by atoms with E-state index < -0.39 is 0 Å². The molecule has 92 valence electrons. The van der Waals surface area contributed by atoms with Gasteiger partial charge in [0.2, 0.25) is 0 Å². The first-order chi connectivity index (χ1) is 8.19. The maximum atomic E-state index is 6.01. The van der Waals surface area contributed by atoms with Gasteiger partial charge in [0.1, 0.15) is 11.6 Å². The lowest BCUT2D eigenvalue weighted by Crippen LogP contribution is -2.07. The first-order valence-electron chi connectivity index (χ1n) is 5.80. The fourth-order valence-electron chi connectivity index (χ4n) is 2.08. The number of hydrogen-bond donors (Lipinski definition) is 0. The molecule has 2 aromatic heterocycles. The van der Waals surface area contributed by atoms with Crippen molar-refractivity contribution in [2.45, 2.75) is 32.6 Å². The summed E-state index contributed by atoms with van der Waals surface area (Å²) in [4.78, 5) is 4.39. The minimum Gasteiger partial charge on any atom is -0.288 e. The van der Waals surface area contributed by atoms with Crippen LogP contribution >= 0.6 is 11.6 Å². The topological polar surface area (TPSA) is 35.6 Å². The van der Waals surface area contributed by atoms with Crippen molar-refractivity contribution >= 4 is 11.6 Å². The van der Waals surface area contributed by atoms with Gasteiger partial charge >= 0.3 is 0 Å². The van der Waals surface area contributed by atoms with E-state index in [1.807, 2.05) is 31.0 Å². The Bertz CT molecular complexity index is 513. The zero-order chi connectivity index (χ0) is 12.4. The quantitative estimate of drug-likeness (QED) is 0.785. The Morgan fingerprint density at radius 1 is 1.41 bits per heavy atom. The van der Waals surface area contributed by atoms with Gasteiger partial charge in [-0.2, -0.15) is 5.10 Å². The minimum atomic E-state index is 0.471. The number of aryl methyl sites for hydroxylation is 3. The van der Waals surface area contributed by atoms with Crippen LogP contribution in [0.5, 0.6) is 0 Å². The second-order valence-electron chi connectivity index (χ2n) is 4.11. The third-order valence-corrected chi connectivity index (χ3v) is 3.13. The molecule has 17 heavy (non-hydrogen) atoms. The van der Waals surface area contributed by atoms with Crippen molar-refractivity contribution in [1.29, 1.82) is 0 Å². The summed E-state index contributed by atoms with van der Waals surface area (Å²) in [6.07, 6.45) is 5.83. The summed E-state index contributed by atoms with van der Waals surface area (Å²) in [7, 11) is 1.94. The summed E-state index contributed by atoms with van der Waals surface area (Å²) >= 11 is 6.01. The van der Waals surface area contributed by atoms with Crippen LogP contribution in [0.3, 0.4) is 0 Å². The number of rotatable bonds is 4. The van der Waals surface area contributed by atoms with Gasteiger partial charge in [0.05, 0.1) is 11.6 Å². The van der Waals surface area contributed by atoms with Crippen molar-refractivity contribution in [2.24, 2.45) is 7.05 Å². The number of halogens is 1. The van der Waals surface area contributed by atoms with Crippen molar-refractivity contribution in [1.82, 2.24) is 19.3 Å². The van der Waals surface area contributed by atoms with Gasteiger partial charge < -0.3 is 0 Å². The molecule has 0 saturated carbocycles. The minimum absolute atomic E-state index is 0.471. The number of hydrogen-bond acceptors (Lipinski definition) is 2. The van der Waals surface area contributed by atoms with Crippen LogP contribution in [-0.2, 0) is 19.3 Å². The van der Waals surface area contributed by atoms with Crippen molar-refractivity contribution < 1.29 is 0 Å². The van der Waals surface area contributed by atoms with Gasteiger partial charge in [-0.25, -0.2) is 4.98 Å². The Kier molecular flexibility index (Phi) is 3.52. The predicted molar refractivity (Wildman–Crippen MR) is 68.6 cm³/mol. The molecule has 0 aliphatic rings. The molecule has 0 aromatic carbocycles. The molecule has 0 fully saturated rings. The van der Waals surface area contributed by atoms with Gasteiger partial charge in [-0.05, 0) is 13.3 Å². The molecule has 0 atom stereocenters. The summed E-state index contributed by atoms with van der Waals surface area (Å²) in [6, 6.07) is 0. The van der Waals surface area contributed by atoms with Gasteiger partial charge in [-0.3, -0.25) is 9.25 Å². The maximum absolute atomic E-state index is 6.01. The van der Waals surface area contributed by atoms with Crippen LogP contribution < -0.4 is 0 Å². The van der Waals surface area contributed by atoms with Crippen LogP contribution in [0.2, 0.25) is 0 Å². The van der Waals surface area contributed by atoms with Crippen LogP contribution in [0.15, 0.2) is 12.4 Å². The molecule has 2 rings (SSSR count). The highest BCUT2D eigenvalue weighted by atomic mass is 35.5. The van der Waals surface area contributed by atoms with Crippen molar-refractivity contribution in [3.05, 3.63) is 29.5 Å². The third kappa shape index (κ3) is 2.09. The van der Waals surface area contributed by atoms with E-state index in [0.717, 1.165) is 35.7 Å². The van der Waals surface area contributed by atoms with E-state index in [-0.39, 0.29) is 0 Å². The number of aromatic nitrogens is 4. The molecule has 0 spiro atoms. The zero-order valence-corrected chi connectivity index (χ0v) is 11.2. The Morgan fingerprint density at radius 3 is 2.82 bits per heavy atom. The monoisotopic (exact) mass is 252 g/mol. The highest BCUT2D eigenvalue weighted by Gasteiger charge is 2.16. The average Bonchev–Trinajstić information content (AvgIpc) is 2.83. The fraction of sp³-hybridized carbons (Fsp3) is 0.500. The van der Waals surface area contributed by atoms with Crippen LogP contribution in [0.25, 0.3) is 5.82 Å². The molecule has 4 nitrogen and oxygen atoms in total. The Morgan fingerprint density at radius 2 is 2.18 bits per heavy atom. The van der Waals surface area contributed by atoms with Crippen molar-refractivity contribution in [2.75, 3.05) is 0 Å². The molecule has 2 heterocycles. The summed E-state index contributed by atoms with van der Waals surface area (Å²) in [5.41, 5.74) is 2.05. The molecule has 0 saturated heterocycles. The molecule has 2 aromatic rings. The Balaban J connectivity index is 2.55. The molecule has 0 unspecified atom stereocenters. The van der Waals surface area contributed by atoms with Crippen LogP contribution in [-0.4, -0.2) is 19.3 Å². The van der Waals surface area contributed by atoms with E-state index >= 15 is 0 Å². The van der Waals surface area contributed by atoms with Crippen LogP contribution in [0, 0.1) is 6.92 Å². The highest BCUT2D eigenvalue weighted by Crippen LogP contribution is 2.21. The van der Waals surface area contributed by atoms with Crippen LogP contribution in [0.4, 0.5) is 0 Å². The lowest BCUT2D eigenvalue weighted by molar-refractivity contribution is 0.699. The van der Waals surface area contributed by atoms with Gasteiger partial charge in [-0.1, -0.05) is 6.92 Å². The second kappa shape index (κ2) is 4.92. The first-order valence-corrected chi connectivity index (χ1v) is 6.33. The molecular weight excluding hydrogens is 236 g/mol. The van der Waals surface area contributed by atoms with Gasteiger partial charge in [0, 0.05) is 31.4 Å². The molecule has 0 amide bonds. The smallest absolute Gasteiger partial charge is 0.140 e. The molecule has 0 aliphatic carbocycles. The largest absolute Gasteiger partial charge is 0.288 e. The first kappa shape index (κ1) is 12.2. The van der Waals surface area contributed by atoms with E-state index in [1.54, 1.807) is 0 Å². The van der Waals surface area contributed by atoms with Gasteiger partial charge in [0.15, 0.2) is 0 Å². The standard InChI is InChI=1S/C12H17ClN4/c1-4-5-11-14-6-7-17(11)12-10(8-13)9(2)15-16(12)3/h6-7H,4-5,8H2,1-3H3. The normalized spacial score (nSPS) is 11.1. The number of alkyl halides is 1. The lowest BCUT2D eigenvalue weighted by atomic mass is 10.2. The van der Waals surface area contributed by atoms with Crippen molar-refractivity contribution in [3.8, 4) is 5.82 Å². The average molecular weight is 253 g/mol. The lowest BCUT2D eigenvalue weighted by Gasteiger charge is -2.09. The zero-order valence-electron chi connectivity index (χ0n) is 10.4. The molecule has 0 aliphatic heterocycles. The molecular formula is C12H17ClN4. The van der Waals surface area contributed by atoms with E-state index in [0.29, 0.717) is 5.88 Å². The van der Waals surface area contributed by atoms with Crippen molar-refractivity contribution in [3.63, 3.8) is 0 Å². The number of imidazole rings is 1. The molecule has 5 heteroatoms. The number of nitrogens with zero attached hydrogens (tertiary/aromatic N) is 4. The van der Waals surface area contributed by atoms with Gasteiger partial charge in [0.25, 0.3) is 0 Å². The van der Waals surface area contributed by atoms with Crippen LogP contribution in [0.1, 0.15) is 30.4 Å². The van der Waals surface area contributed by atoms with Gasteiger partial charge in [-0.15, -0.1) is 11.6 Å².